The van der Waals surface area contributed by atoms with Crippen LogP contribution in [0.4, 0.5) is 11.6 Å². The van der Waals surface area contributed by atoms with Gasteiger partial charge in [0.15, 0.2) is 0 Å². The van der Waals surface area contributed by atoms with Crippen molar-refractivity contribution in [2.24, 2.45) is 0 Å². The first-order valence-corrected chi connectivity index (χ1v) is 12.3. The van der Waals surface area contributed by atoms with Crippen LogP contribution in [-0.4, -0.2) is 59.7 Å². The molecule has 3 heterocycles. The lowest BCUT2D eigenvalue weighted by molar-refractivity contribution is 0.0597. The Kier molecular flexibility index (Phi) is 7.65. The van der Waals surface area contributed by atoms with Gasteiger partial charge in [0.1, 0.15) is 29.3 Å². The van der Waals surface area contributed by atoms with Crippen LogP contribution in [0, 0.1) is 0 Å². The molecule has 0 aliphatic rings. The molecule has 39 heavy (non-hydrogen) atoms. The van der Waals surface area contributed by atoms with Crippen LogP contribution >= 0.6 is 0 Å². The number of hydrogen-bond donors (Lipinski definition) is 2. The van der Waals surface area contributed by atoms with Crippen LogP contribution in [0.3, 0.4) is 0 Å². The summed E-state index contributed by atoms with van der Waals surface area (Å²) in [6, 6.07) is 20.5. The fraction of sp³-hybridized carbons (Fsp3) is 0.172. The molecular weight excluding hydrogens is 496 g/mol. The van der Waals surface area contributed by atoms with E-state index in [1.807, 2.05) is 72.2 Å². The van der Waals surface area contributed by atoms with Crippen molar-refractivity contribution >= 4 is 23.3 Å². The summed E-state index contributed by atoms with van der Waals surface area (Å²) in [4.78, 5) is 26.6. The summed E-state index contributed by atoms with van der Waals surface area (Å²) in [5.74, 6) is 1.09. The SMILES string of the molecule is CNCCOc1cccc(Nc2nccc(-c3c(-c4ccc(OC)c(C(=O)OC)c4)nc4ccccn34)n2)c1. The number of aromatic nitrogens is 4. The predicted octanol–water partition coefficient (Wildman–Crippen LogP) is 4.60. The Bertz CT molecular complexity index is 1620. The molecule has 0 aliphatic heterocycles. The van der Waals surface area contributed by atoms with Gasteiger partial charge in [0.05, 0.1) is 31.3 Å². The minimum Gasteiger partial charge on any atom is -0.496 e. The number of nitrogens with zero attached hydrogens (tertiary/aromatic N) is 4. The summed E-state index contributed by atoms with van der Waals surface area (Å²) < 4.78 is 18.1. The molecule has 0 saturated carbocycles. The molecule has 0 saturated heterocycles. The number of rotatable bonds is 10. The second-order valence-corrected chi connectivity index (χ2v) is 8.51. The highest BCUT2D eigenvalue weighted by molar-refractivity contribution is 5.95. The third kappa shape index (κ3) is 5.51. The van der Waals surface area contributed by atoms with Gasteiger partial charge in [0, 0.05) is 36.3 Å². The molecule has 5 aromatic rings. The van der Waals surface area contributed by atoms with Crippen LogP contribution in [0.25, 0.3) is 28.3 Å². The van der Waals surface area contributed by atoms with Gasteiger partial charge in [-0.3, -0.25) is 4.40 Å². The maximum atomic E-state index is 12.5. The number of nitrogens with one attached hydrogen (secondary N) is 2. The van der Waals surface area contributed by atoms with Gasteiger partial charge in [-0.2, -0.15) is 0 Å². The molecule has 0 spiro atoms. The fourth-order valence-corrected chi connectivity index (χ4v) is 4.18. The monoisotopic (exact) mass is 524 g/mol. The average molecular weight is 525 g/mol. The van der Waals surface area contributed by atoms with Crippen molar-refractivity contribution in [2.75, 3.05) is 39.7 Å². The number of methoxy groups -OCH3 is 2. The molecule has 0 radical (unpaired) electrons. The zero-order valence-corrected chi connectivity index (χ0v) is 21.8. The normalized spacial score (nSPS) is 10.8. The van der Waals surface area contributed by atoms with Gasteiger partial charge in [-0.05, 0) is 55.6 Å². The van der Waals surface area contributed by atoms with Gasteiger partial charge in [-0.15, -0.1) is 0 Å². The summed E-state index contributed by atoms with van der Waals surface area (Å²) in [5, 5.41) is 6.33. The number of imidazole rings is 1. The van der Waals surface area contributed by atoms with Crippen LogP contribution < -0.4 is 20.1 Å². The maximum Gasteiger partial charge on any atom is 0.341 e. The largest absolute Gasteiger partial charge is 0.496 e. The molecule has 2 N–H and O–H groups in total. The Morgan fingerprint density at radius 3 is 2.72 bits per heavy atom. The van der Waals surface area contributed by atoms with E-state index < -0.39 is 5.97 Å². The van der Waals surface area contributed by atoms with Gasteiger partial charge < -0.3 is 24.8 Å². The summed E-state index contributed by atoms with van der Waals surface area (Å²) in [6.07, 6.45) is 3.62. The smallest absolute Gasteiger partial charge is 0.341 e. The Morgan fingerprint density at radius 1 is 1.00 bits per heavy atom. The van der Waals surface area contributed by atoms with E-state index >= 15 is 0 Å². The number of fused-ring (bicyclic) bond motifs is 1. The van der Waals surface area contributed by atoms with E-state index in [9.17, 15) is 4.79 Å². The molecule has 0 fully saturated rings. The third-order valence-electron chi connectivity index (χ3n) is 6.02. The summed E-state index contributed by atoms with van der Waals surface area (Å²) >= 11 is 0. The van der Waals surface area contributed by atoms with Crippen molar-refractivity contribution < 1.29 is 19.0 Å². The number of carbonyl (C=O) groups is 1. The predicted molar refractivity (Wildman–Crippen MR) is 149 cm³/mol. The second-order valence-electron chi connectivity index (χ2n) is 8.51. The van der Waals surface area contributed by atoms with Crippen LogP contribution in [0.1, 0.15) is 10.4 Å². The topological polar surface area (TPSA) is 112 Å². The molecule has 10 heteroatoms. The molecule has 0 amide bonds. The van der Waals surface area contributed by atoms with Crippen molar-refractivity contribution in [3.05, 3.63) is 84.7 Å². The van der Waals surface area contributed by atoms with E-state index in [4.69, 9.17) is 24.2 Å². The second kappa shape index (κ2) is 11.6. The van der Waals surface area contributed by atoms with Gasteiger partial charge in [0.2, 0.25) is 5.95 Å². The number of anilines is 2. The van der Waals surface area contributed by atoms with Crippen LogP contribution in [-0.2, 0) is 4.74 Å². The Morgan fingerprint density at radius 2 is 1.90 bits per heavy atom. The standard InChI is InChI=1S/C29H28N6O4/c1-30-14-16-39-21-8-6-7-20(18-21)32-29-31-13-12-23(33-29)27-26(34-25-9-4-5-15-35(25)27)19-10-11-24(37-2)22(17-19)28(36)38-3/h4-13,15,17-18,30H,14,16H2,1-3H3,(H,31,32,33). The number of carbonyl (C=O) groups excluding carboxylic acids is 1. The number of pyridine rings is 1. The summed E-state index contributed by atoms with van der Waals surface area (Å²) in [7, 11) is 4.73. The number of hydrogen-bond acceptors (Lipinski definition) is 9. The fourth-order valence-electron chi connectivity index (χ4n) is 4.18. The molecule has 3 aromatic heterocycles. The molecule has 2 aromatic carbocycles. The summed E-state index contributed by atoms with van der Waals surface area (Å²) in [6.45, 7) is 1.31. The van der Waals surface area contributed by atoms with Gasteiger partial charge in [0.25, 0.3) is 0 Å². The van der Waals surface area contributed by atoms with E-state index in [0.29, 0.717) is 35.3 Å². The average Bonchev–Trinajstić information content (AvgIpc) is 3.36. The minimum absolute atomic E-state index is 0.308. The Balaban J connectivity index is 1.55. The van der Waals surface area contributed by atoms with Crippen molar-refractivity contribution in [3.63, 3.8) is 0 Å². The molecule has 10 nitrogen and oxygen atoms in total. The van der Waals surface area contributed by atoms with E-state index in [2.05, 4.69) is 15.6 Å². The van der Waals surface area contributed by atoms with E-state index in [1.54, 1.807) is 18.3 Å². The zero-order valence-electron chi connectivity index (χ0n) is 21.8. The van der Waals surface area contributed by atoms with Crippen LogP contribution in [0.5, 0.6) is 11.5 Å². The third-order valence-corrected chi connectivity index (χ3v) is 6.02. The molecule has 5 rings (SSSR count). The van der Waals surface area contributed by atoms with E-state index in [0.717, 1.165) is 34.9 Å². The molecular formula is C29H28N6O4. The molecule has 0 unspecified atom stereocenters. The minimum atomic E-state index is -0.496. The summed E-state index contributed by atoms with van der Waals surface area (Å²) in [5.41, 5.74) is 4.61. The molecule has 198 valence electrons. The van der Waals surface area contributed by atoms with Crippen molar-refractivity contribution in [1.29, 1.82) is 0 Å². The first kappa shape index (κ1) is 25.7. The highest BCUT2D eigenvalue weighted by atomic mass is 16.5. The number of ether oxygens (including phenoxy) is 3. The molecule has 0 bridgehead atoms. The first-order chi connectivity index (χ1) is 19.1. The highest BCUT2D eigenvalue weighted by Crippen LogP contribution is 2.35. The van der Waals surface area contributed by atoms with Gasteiger partial charge in [-0.1, -0.05) is 12.1 Å². The van der Waals surface area contributed by atoms with E-state index in [-0.39, 0.29) is 0 Å². The Labute approximate surface area is 225 Å². The first-order valence-electron chi connectivity index (χ1n) is 12.3. The maximum absolute atomic E-state index is 12.5. The van der Waals surface area contributed by atoms with Crippen LogP contribution in [0.15, 0.2) is 79.1 Å². The molecule has 0 atom stereocenters. The Hall–Kier alpha value is -4.96. The highest BCUT2D eigenvalue weighted by Gasteiger charge is 2.21. The number of likely N-dealkylation sites (N-methyl/N-ethyl adjacent to an activating group) is 1. The lowest BCUT2D eigenvalue weighted by Crippen LogP contribution is -2.15. The van der Waals surface area contributed by atoms with Gasteiger partial charge in [-0.25, -0.2) is 19.7 Å². The van der Waals surface area contributed by atoms with E-state index in [1.165, 1.54) is 14.2 Å². The lowest BCUT2D eigenvalue weighted by atomic mass is 10.0. The van der Waals surface area contributed by atoms with Crippen molar-refractivity contribution in [1.82, 2.24) is 24.7 Å². The zero-order chi connectivity index (χ0) is 27.2. The number of esters is 1. The lowest BCUT2D eigenvalue weighted by Gasteiger charge is -2.11. The van der Waals surface area contributed by atoms with Crippen molar-refractivity contribution in [2.45, 2.75) is 0 Å². The quantitative estimate of drug-likeness (QED) is 0.200. The van der Waals surface area contributed by atoms with Crippen LogP contribution in [0.2, 0.25) is 0 Å². The molecule has 0 aliphatic carbocycles. The number of benzene rings is 2. The van der Waals surface area contributed by atoms with Crippen molar-refractivity contribution in [3.8, 4) is 34.1 Å². The van der Waals surface area contributed by atoms with Gasteiger partial charge >= 0.3 is 5.97 Å².